The maximum atomic E-state index is 14.6. The van der Waals surface area contributed by atoms with E-state index in [2.05, 4.69) is 21.1 Å². The Morgan fingerprint density at radius 1 is 1.33 bits per heavy atom. The number of fused-ring (bicyclic) bond motifs is 1. The van der Waals surface area contributed by atoms with Crippen molar-refractivity contribution < 1.29 is 13.9 Å². The number of methoxy groups -OCH3 is 1. The fourth-order valence-electron chi connectivity index (χ4n) is 4.44. The van der Waals surface area contributed by atoms with Crippen LogP contribution in [-0.2, 0) is 4.79 Å². The first-order valence-electron chi connectivity index (χ1n) is 9.76. The number of halogens is 1. The van der Waals surface area contributed by atoms with Gasteiger partial charge in [-0.1, -0.05) is 6.92 Å². The molecule has 1 saturated carbocycles. The number of hydrogen-bond acceptors (Lipinski definition) is 6. The van der Waals surface area contributed by atoms with Crippen molar-refractivity contribution in [1.82, 2.24) is 19.6 Å². The second-order valence-electron chi connectivity index (χ2n) is 7.92. The van der Waals surface area contributed by atoms with E-state index in [-0.39, 0.29) is 29.1 Å². The molecule has 5 rings (SSSR count). The summed E-state index contributed by atoms with van der Waals surface area (Å²) < 4.78 is 21.2. The standard InChI is InChI=1S/C21H19FN6O2/c1-12-9-27(20(29)21(12,11-23)14-3-4-14)19-18-16(22)8-25-28(18)10-17(26-19)13-5-15(30-2)7-24-6-13/h5-8,10,12,14H,3-4,9H2,1-2H3/t12-,21+/m1/s1. The molecular formula is C21H19FN6O2. The fraction of sp³-hybridized carbons (Fsp3) is 0.381. The van der Waals surface area contributed by atoms with Gasteiger partial charge in [-0.2, -0.15) is 10.4 Å². The van der Waals surface area contributed by atoms with E-state index in [1.165, 1.54) is 16.5 Å². The molecule has 3 aromatic heterocycles. The van der Waals surface area contributed by atoms with Crippen molar-refractivity contribution in [2.45, 2.75) is 19.8 Å². The first-order chi connectivity index (χ1) is 14.5. The number of carbonyl (C=O) groups excluding carboxylic acids is 1. The molecule has 8 nitrogen and oxygen atoms in total. The largest absolute Gasteiger partial charge is 0.495 e. The van der Waals surface area contributed by atoms with Crippen molar-refractivity contribution in [3.8, 4) is 23.1 Å². The van der Waals surface area contributed by atoms with E-state index in [0.717, 1.165) is 19.0 Å². The molecule has 1 aliphatic carbocycles. The van der Waals surface area contributed by atoms with Crippen LogP contribution in [0.3, 0.4) is 0 Å². The van der Waals surface area contributed by atoms with Crippen LogP contribution in [0.4, 0.5) is 10.2 Å². The Morgan fingerprint density at radius 2 is 2.13 bits per heavy atom. The molecule has 4 heterocycles. The van der Waals surface area contributed by atoms with Crippen molar-refractivity contribution in [1.29, 1.82) is 5.26 Å². The third-order valence-electron chi connectivity index (χ3n) is 6.17. The summed E-state index contributed by atoms with van der Waals surface area (Å²) >= 11 is 0. The molecule has 0 bridgehead atoms. The van der Waals surface area contributed by atoms with E-state index in [4.69, 9.17) is 4.74 Å². The van der Waals surface area contributed by atoms with Crippen LogP contribution in [0.1, 0.15) is 19.8 Å². The molecule has 1 amide bonds. The number of pyridine rings is 1. The number of anilines is 1. The number of rotatable bonds is 4. The van der Waals surface area contributed by atoms with Crippen LogP contribution in [0.25, 0.3) is 16.8 Å². The highest BCUT2D eigenvalue weighted by Crippen LogP contribution is 2.54. The zero-order valence-corrected chi connectivity index (χ0v) is 16.5. The van der Waals surface area contributed by atoms with E-state index >= 15 is 0 Å². The van der Waals surface area contributed by atoms with Gasteiger partial charge < -0.3 is 4.74 Å². The average Bonchev–Trinajstić information content (AvgIpc) is 3.50. The third kappa shape index (κ3) is 2.49. The molecule has 2 fully saturated rings. The van der Waals surface area contributed by atoms with E-state index in [1.807, 2.05) is 6.92 Å². The summed E-state index contributed by atoms with van der Waals surface area (Å²) in [5, 5.41) is 14.0. The van der Waals surface area contributed by atoms with Crippen molar-refractivity contribution in [2.75, 3.05) is 18.6 Å². The first-order valence-corrected chi connectivity index (χ1v) is 9.76. The van der Waals surface area contributed by atoms with Crippen LogP contribution in [0.5, 0.6) is 5.75 Å². The molecule has 152 valence electrons. The second kappa shape index (κ2) is 6.49. The van der Waals surface area contributed by atoms with Crippen LogP contribution in [0, 0.1) is 34.4 Å². The molecular weight excluding hydrogens is 387 g/mol. The van der Waals surface area contributed by atoms with Crippen LogP contribution >= 0.6 is 0 Å². The lowest BCUT2D eigenvalue weighted by Gasteiger charge is -2.23. The number of hydrogen-bond donors (Lipinski definition) is 0. The van der Waals surface area contributed by atoms with Gasteiger partial charge in [-0.25, -0.2) is 13.9 Å². The number of carbonyl (C=O) groups is 1. The Hall–Kier alpha value is -3.54. The fourth-order valence-corrected chi connectivity index (χ4v) is 4.44. The molecule has 9 heteroatoms. The Labute approximate surface area is 171 Å². The van der Waals surface area contributed by atoms with Gasteiger partial charge in [0, 0.05) is 24.2 Å². The summed E-state index contributed by atoms with van der Waals surface area (Å²) in [5.74, 6) is -0.306. The van der Waals surface area contributed by atoms with Gasteiger partial charge >= 0.3 is 0 Å². The average molecular weight is 406 g/mol. The summed E-state index contributed by atoms with van der Waals surface area (Å²) in [7, 11) is 1.54. The zero-order chi connectivity index (χ0) is 21.0. The zero-order valence-electron chi connectivity index (χ0n) is 16.5. The predicted octanol–water partition coefficient (Wildman–Crippen LogP) is 2.84. The number of ether oxygens (including phenoxy) is 1. The van der Waals surface area contributed by atoms with Gasteiger partial charge in [0.25, 0.3) is 0 Å². The maximum Gasteiger partial charge on any atom is 0.249 e. The molecule has 0 unspecified atom stereocenters. The molecule has 1 aliphatic heterocycles. The van der Waals surface area contributed by atoms with E-state index in [9.17, 15) is 14.4 Å². The maximum absolute atomic E-state index is 14.6. The normalized spacial score (nSPS) is 23.7. The summed E-state index contributed by atoms with van der Waals surface area (Å²) in [6.45, 7) is 2.20. The number of nitriles is 1. The number of amides is 1. The lowest BCUT2D eigenvalue weighted by atomic mass is 9.75. The lowest BCUT2D eigenvalue weighted by molar-refractivity contribution is -0.124. The van der Waals surface area contributed by atoms with Crippen LogP contribution in [0.15, 0.2) is 30.9 Å². The Balaban J connectivity index is 1.68. The van der Waals surface area contributed by atoms with Crippen molar-refractivity contribution in [3.05, 3.63) is 36.7 Å². The van der Waals surface area contributed by atoms with Gasteiger partial charge in [0.2, 0.25) is 5.91 Å². The lowest BCUT2D eigenvalue weighted by Crippen LogP contribution is -2.37. The monoisotopic (exact) mass is 406 g/mol. The van der Waals surface area contributed by atoms with E-state index in [1.54, 1.807) is 24.7 Å². The quantitative estimate of drug-likeness (QED) is 0.661. The number of aromatic nitrogens is 4. The molecule has 0 spiro atoms. The van der Waals surface area contributed by atoms with Crippen molar-refractivity contribution in [3.63, 3.8) is 0 Å². The van der Waals surface area contributed by atoms with Gasteiger partial charge in [0.1, 0.15) is 16.7 Å². The SMILES string of the molecule is COc1cncc(-c2cn3ncc(F)c3c(N3C[C@@H](C)[C@@](C#N)(C4CC4)C3=O)n2)c1. The molecule has 0 N–H and O–H groups in total. The second-order valence-corrected chi connectivity index (χ2v) is 7.92. The number of nitrogens with zero attached hydrogens (tertiary/aromatic N) is 6. The van der Waals surface area contributed by atoms with Gasteiger partial charge in [0.15, 0.2) is 11.6 Å². The van der Waals surface area contributed by atoms with Crippen molar-refractivity contribution >= 4 is 17.2 Å². The Morgan fingerprint density at radius 3 is 2.83 bits per heavy atom. The van der Waals surface area contributed by atoms with Gasteiger partial charge in [-0.3, -0.25) is 14.7 Å². The van der Waals surface area contributed by atoms with Crippen LogP contribution in [-0.4, -0.2) is 39.1 Å². The minimum Gasteiger partial charge on any atom is -0.495 e. The third-order valence-corrected chi connectivity index (χ3v) is 6.17. The molecule has 2 atom stereocenters. The van der Waals surface area contributed by atoms with Gasteiger partial charge in [0.05, 0.1) is 37.5 Å². The van der Waals surface area contributed by atoms with Crippen molar-refractivity contribution in [2.24, 2.45) is 17.3 Å². The minimum atomic E-state index is -1.08. The molecule has 3 aromatic rings. The summed E-state index contributed by atoms with van der Waals surface area (Å²) in [5.41, 5.74) is 0.137. The smallest absolute Gasteiger partial charge is 0.249 e. The Kier molecular flexibility index (Phi) is 4.00. The van der Waals surface area contributed by atoms with Gasteiger partial charge in [-0.05, 0) is 24.8 Å². The first kappa shape index (κ1) is 18.5. The summed E-state index contributed by atoms with van der Waals surface area (Å²) in [6, 6.07) is 4.05. The summed E-state index contributed by atoms with van der Waals surface area (Å²) in [6.07, 6.45) is 7.57. The molecule has 1 saturated heterocycles. The Bertz CT molecular complexity index is 1210. The van der Waals surface area contributed by atoms with Crippen LogP contribution < -0.4 is 9.64 Å². The minimum absolute atomic E-state index is 0.0477. The highest BCUT2D eigenvalue weighted by Gasteiger charge is 2.61. The molecule has 0 aromatic carbocycles. The van der Waals surface area contributed by atoms with Gasteiger partial charge in [-0.15, -0.1) is 0 Å². The summed E-state index contributed by atoms with van der Waals surface area (Å²) in [4.78, 5) is 23.7. The predicted molar refractivity (Wildman–Crippen MR) is 105 cm³/mol. The highest BCUT2D eigenvalue weighted by molar-refractivity contribution is 6.04. The van der Waals surface area contributed by atoms with E-state index in [0.29, 0.717) is 23.6 Å². The topological polar surface area (TPSA) is 96.4 Å². The van der Waals surface area contributed by atoms with Crippen LogP contribution in [0.2, 0.25) is 0 Å². The van der Waals surface area contributed by atoms with E-state index < -0.39 is 11.2 Å². The molecule has 0 radical (unpaired) electrons. The molecule has 2 aliphatic rings. The molecule has 30 heavy (non-hydrogen) atoms. The highest BCUT2D eigenvalue weighted by atomic mass is 19.1.